The number of pyridine rings is 1. The van der Waals surface area contributed by atoms with Crippen LogP contribution in [0.15, 0.2) is 51.7 Å². The van der Waals surface area contributed by atoms with Crippen LogP contribution >= 0.6 is 15.9 Å². The molecule has 5 rings (SSSR count). The average Bonchev–Trinajstić information content (AvgIpc) is 3.35. The van der Waals surface area contributed by atoms with E-state index in [-0.39, 0.29) is 23.8 Å². The van der Waals surface area contributed by atoms with Crippen LogP contribution in [0.5, 0.6) is 0 Å². The summed E-state index contributed by atoms with van der Waals surface area (Å²) in [5.74, 6) is -0.679. The van der Waals surface area contributed by atoms with Gasteiger partial charge in [0.2, 0.25) is 11.8 Å². The highest BCUT2D eigenvalue weighted by atomic mass is 79.9. The number of benzene rings is 2. The number of anilines is 2. The van der Waals surface area contributed by atoms with E-state index in [1.807, 2.05) is 36.4 Å². The molecule has 2 amide bonds. The van der Waals surface area contributed by atoms with Gasteiger partial charge in [0, 0.05) is 39.8 Å². The summed E-state index contributed by atoms with van der Waals surface area (Å²) in [6.07, 6.45) is 2.91. The summed E-state index contributed by atoms with van der Waals surface area (Å²) in [6, 6.07) is 13.1. The van der Waals surface area contributed by atoms with Crippen LogP contribution in [0.3, 0.4) is 0 Å². The molecule has 1 unspecified atom stereocenters. The molecule has 2 aromatic carbocycles. The van der Waals surface area contributed by atoms with E-state index >= 15 is 0 Å². The minimum Gasteiger partial charge on any atom is -0.326 e. The van der Waals surface area contributed by atoms with Crippen LogP contribution in [-0.2, 0) is 22.4 Å². The number of rotatable bonds is 3. The lowest BCUT2D eigenvalue weighted by Crippen LogP contribution is -2.28. The number of aromatic amines is 1. The number of hydrogen-bond donors (Lipinski definition) is 2. The fourth-order valence-electron chi connectivity index (χ4n) is 4.50. The SMILES string of the molecule is O=C(Nc1ccc2c3c(c(=O)[nH]c2c1)CCC3)C1CC(=O)N(c2cccc(Br)c2)C1. The third kappa shape index (κ3) is 3.33. The molecule has 7 heteroatoms. The lowest BCUT2D eigenvalue weighted by Gasteiger charge is -2.17. The van der Waals surface area contributed by atoms with E-state index in [0.29, 0.717) is 12.2 Å². The van der Waals surface area contributed by atoms with Crippen LogP contribution in [0.4, 0.5) is 11.4 Å². The van der Waals surface area contributed by atoms with E-state index in [4.69, 9.17) is 0 Å². The normalized spacial score (nSPS) is 18.1. The molecular weight excluding hydrogens is 446 g/mol. The number of aromatic nitrogens is 1. The van der Waals surface area contributed by atoms with E-state index in [2.05, 4.69) is 26.2 Å². The van der Waals surface area contributed by atoms with Crippen molar-refractivity contribution in [2.45, 2.75) is 25.7 Å². The molecule has 152 valence electrons. The van der Waals surface area contributed by atoms with Gasteiger partial charge in [-0.05, 0) is 55.2 Å². The fraction of sp³-hybridized carbons (Fsp3) is 0.261. The number of nitrogens with zero attached hydrogens (tertiary/aromatic N) is 1. The maximum Gasteiger partial charge on any atom is 0.251 e. The van der Waals surface area contributed by atoms with Crippen molar-refractivity contribution in [2.75, 3.05) is 16.8 Å². The Morgan fingerprint density at radius 2 is 1.93 bits per heavy atom. The second-order valence-electron chi connectivity index (χ2n) is 7.90. The third-order valence-electron chi connectivity index (χ3n) is 5.97. The molecule has 2 aliphatic rings. The quantitative estimate of drug-likeness (QED) is 0.617. The van der Waals surface area contributed by atoms with Crippen LogP contribution < -0.4 is 15.8 Å². The lowest BCUT2D eigenvalue weighted by atomic mass is 10.0. The van der Waals surface area contributed by atoms with Crippen molar-refractivity contribution in [2.24, 2.45) is 5.92 Å². The smallest absolute Gasteiger partial charge is 0.251 e. The zero-order chi connectivity index (χ0) is 20.8. The standard InChI is InChI=1S/C23H20BrN3O3/c24-14-3-1-4-16(10-14)27-12-13(9-21(27)28)22(29)25-15-7-8-18-17-5-2-6-19(17)23(30)26-20(18)11-15/h1,3-4,7-8,10-11,13H,2,5-6,9,12H2,(H,25,29)(H,26,30). The van der Waals surface area contributed by atoms with Gasteiger partial charge in [0.1, 0.15) is 0 Å². The summed E-state index contributed by atoms with van der Waals surface area (Å²) in [7, 11) is 0. The zero-order valence-corrected chi connectivity index (χ0v) is 17.8. The number of aryl methyl sites for hydroxylation is 1. The third-order valence-corrected chi connectivity index (χ3v) is 6.46. The van der Waals surface area contributed by atoms with Crippen molar-refractivity contribution in [1.82, 2.24) is 4.98 Å². The van der Waals surface area contributed by atoms with Gasteiger partial charge in [-0.25, -0.2) is 0 Å². The first-order valence-electron chi connectivity index (χ1n) is 10.0. The van der Waals surface area contributed by atoms with E-state index in [1.165, 1.54) is 0 Å². The molecule has 1 fully saturated rings. The molecule has 1 saturated heterocycles. The largest absolute Gasteiger partial charge is 0.326 e. The Balaban J connectivity index is 1.35. The monoisotopic (exact) mass is 465 g/mol. The zero-order valence-electron chi connectivity index (χ0n) is 16.2. The van der Waals surface area contributed by atoms with Gasteiger partial charge in [-0.1, -0.05) is 28.1 Å². The first-order valence-corrected chi connectivity index (χ1v) is 10.8. The molecule has 0 bridgehead atoms. The molecule has 1 atom stereocenters. The number of amides is 2. The molecule has 6 nitrogen and oxygen atoms in total. The summed E-state index contributed by atoms with van der Waals surface area (Å²) in [4.78, 5) is 42.2. The van der Waals surface area contributed by atoms with E-state index < -0.39 is 5.92 Å². The van der Waals surface area contributed by atoms with E-state index in [9.17, 15) is 14.4 Å². The van der Waals surface area contributed by atoms with Crippen LogP contribution in [0.25, 0.3) is 10.9 Å². The number of fused-ring (bicyclic) bond motifs is 3. The number of carbonyl (C=O) groups excluding carboxylic acids is 2. The maximum absolute atomic E-state index is 12.8. The molecule has 0 radical (unpaired) electrons. The average molecular weight is 466 g/mol. The topological polar surface area (TPSA) is 82.3 Å². The Bertz CT molecular complexity index is 1250. The number of hydrogen-bond acceptors (Lipinski definition) is 3. The predicted molar refractivity (Wildman–Crippen MR) is 120 cm³/mol. The van der Waals surface area contributed by atoms with E-state index in [1.54, 1.807) is 11.0 Å². The van der Waals surface area contributed by atoms with Gasteiger partial charge in [-0.15, -0.1) is 0 Å². The molecular formula is C23H20BrN3O3. The number of carbonyl (C=O) groups is 2. The van der Waals surface area contributed by atoms with Gasteiger partial charge in [-0.3, -0.25) is 14.4 Å². The van der Waals surface area contributed by atoms with Gasteiger partial charge in [-0.2, -0.15) is 0 Å². The minimum absolute atomic E-state index is 0.0375. The Hall–Kier alpha value is -2.93. The summed E-state index contributed by atoms with van der Waals surface area (Å²) < 4.78 is 0.886. The van der Waals surface area contributed by atoms with Crippen molar-refractivity contribution in [3.63, 3.8) is 0 Å². The van der Waals surface area contributed by atoms with Gasteiger partial charge in [0.25, 0.3) is 5.56 Å². The Morgan fingerprint density at radius 3 is 2.77 bits per heavy atom. The van der Waals surface area contributed by atoms with Crippen LogP contribution in [0.1, 0.15) is 24.0 Å². The second kappa shape index (κ2) is 7.40. The molecule has 1 aliphatic carbocycles. The number of nitrogens with one attached hydrogen (secondary N) is 2. The van der Waals surface area contributed by atoms with Gasteiger partial charge in [0.05, 0.1) is 11.4 Å². The van der Waals surface area contributed by atoms with Crippen LogP contribution in [0.2, 0.25) is 0 Å². The number of halogens is 1. The van der Waals surface area contributed by atoms with Crippen molar-refractivity contribution in [1.29, 1.82) is 0 Å². The second-order valence-corrected chi connectivity index (χ2v) is 8.82. The first-order chi connectivity index (χ1) is 14.5. The van der Waals surface area contributed by atoms with E-state index in [0.717, 1.165) is 51.5 Å². The highest BCUT2D eigenvalue weighted by Gasteiger charge is 2.35. The molecule has 0 spiro atoms. The minimum atomic E-state index is -0.425. The molecule has 2 N–H and O–H groups in total. The Morgan fingerprint density at radius 1 is 1.10 bits per heavy atom. The summed E-state index contributed by atoms with van der Waals surface area (Å²) in [5.41, 5.74) is 4.10. The number of H-pyrrole nitrogens is 1. The highest BCUT2D eigenvalue weighted by Crippen LogP contribution is 2.30. The van der Waals surface area contributed by atoms with Gasteiger partial charge in [0.15, 0.2) is 0 Å². The summed E-state index contributed by atoms with van der Waals surface area (Å²) in [5, 5.41) is 3.96. The van der Waals surface area contributed by atoms with Gasteiger partial charge >= 0.3 is 0 Å². The van der Waals surface area contributed by atoms with Crippen molar-refractivity contribution in [3.05, 3.63) is 68.4 Å². The Kier molecular flexibility index (Phi) is 4.70. The highest BCUT2D eigenvalue weighted by molar-refractivity contribution is 9.10. The molecule has 2 heterocycles. The summed E-state index contributed by atoms with van der Waals surface area (Å²) >= 11 is 3.42. The first kappa shape index (κ1) is 19.1. The van der Waals surface area contributed by atoms with Crippen molar-refractivity contribution >= 4 is 50.0 Å². The van der Waals surface area contributed by atoms with Crippen molar-refractivity contribution < 1.29 is 9.59 Å². The van der Waals surface area contributed by atoms with Crippen molar-refractivity contribution in [3.8, 4) is 0 Å². The molecule has 1 aromatic heterocycles. The fourth-order valence-corrected chi connectivity index (χ4v) is 4.89. The van der Waals surface area contributed by atoms with Gasteiger partial charge < -0.3 is 15.2 Å². The predicted octanol–water partition coefficient (Wildman–Crippen LogP) is 3.77. The van der Waals surface area contributed by atoms with Crippen LogP contribution in [-0.4, -0.2) is 23.3 Å². The Labute approximate surface area is 181 Å². The molecule has 1 aliphatic heterocycles. The van der Waals surface area contributed by atoms with Crippen LogP contribution in [0, 0.1) is 5.92 Å². The molecule has 30 heavy (non-hydrogen) atoms. The molecule has 0 saturated carbocycles. The summed E-state index contributed by atoms with van der Waals surface area (Å²) in [6.45, 7) is 0.346. The molecule has 3 aromatic rings. The maximum atomic E-state index is 12.8. The lowest BCUT2D eigenvalue weighted by molar-refractivity contribution is -0.122.